The summed E-state index contributed by atoms with van der Waals surface area (Å²) in [4.78, 5) is 2.47. The van der Waals surface area contributed by atoms with Crippen LogP contribution in [0.3, 0.4) is 0 Å². The third kappa shape index (κ3) is 3.11. The molecule has 0 atom stereocenters. The highest BCUT2D eigenvalue weighted by molar-refractivity contribution is 4.80. The molecule has 0 aromatic carbocycles. The number of likely N-dealkylation sites (tertiary alicyclic amines) is 1. The van der Waals surface area contributed by atoms with Gasteiger partial charge in [0.25, 0.3) is 0 Å². The summed E-state index contributed by atoms with van der Waals surface area (Å²) in [6.45, 7) is 10.0. The predicted molar refractivity (Wildman–Crippen MR) is 51.4 cm³/mol. The summed E-state index contributed by atoms with van der Waals surface area (Å²) in [5.41, 5.74) is 0. The Labute approximate surface area is 75.9 Å². The van der Waals surface area contributed by atoms with E-state index in [1.807, 2.05) is 0 Å². The fourth-order valence-corrected chi connectivity index (χ4v) is 1.56. The van der Waals surface area contributed by atoms with Gasteiger partial charge < -0.3 is 4.74 Å². The van der Waals surface area contributed by atoms with E-state index >= 15 is 0 Å². The van der Waals surface area contributed by atoms with E-state index in [-0.39, 0.29) is 0 Å². The zero-order valence-corrected chi connectivity index (χ0v) is 8.55. The molecule has 0 radical (unpaired) electrons. The maximum absolute atomic E-state index is 5.65. The van der Waals surface area contributed by atoms with E-state index in [2.05, 4.69) is 25.7 Å². The quantitative estimate of drug-likeness (QED) is 0.626. The first kappa shape index (κ1) is 10.0. The molecule has 2 nitrogen and oxygen atoms in total. The number of hydrogen-bond donors (Lipinski definition) is 0. The lowest BCUT2D eigenvalue weighted by Gasteiger charge is -2.39. The van der Waals surface area contributed by atoms with Crippen molar-refractivity contribution in [1.82, 2.24) is 4.90 Å². The van der Waals surface area contributed by atoms with Gasteiger partial charge in [-0.1, -0.05) is 13.3 Å². The molecule has 1 heterocycles. The second kappa shape index (κ2) is 4.83. The Hall–Kier alpha value is -0.0800. The van der Waals surface area contributed by atoms with E-state index in [1.165, 1.54) is 19.4 Å². The molecular formula is C10H21NO. The van der Waals surface area contributed by atoms with E-state index in [1.54, 1.807) is 0 Å². The summed E-state index contributed by atoms with van der Waals surface area (Å²) in [6.07, 6.45) is 3.53. The molecule has 1 rings (SSSR count). The van der Waals surface area contributed by atoms with Crippen molar-refractivity contribution < 1.29 is 4.74 Å². The molecule has 0 N–H and O–H groups in total. The summed E-state index contributed by atoms with van der Waals surface area (Å²) in [7, 11) is 0. The fourth-order valence-electron chi connectivity index (χ4n) is 1.56. The van der Waals surface area contributed by atoms with Gasteiger partial charge in [0, 0.05) is 13.1 Å². The highest BCUT2D eigenvalue weighted by atomic mass is 16.5. The van der Waals surface area contributed by atoms with Crippen LogP contribution in [0.5, 0.6) is 0 Å². The molecule has 0 amide bonds. The first-order valence-corrected chi connectivity index (χ1v) is 5.10. The Balaban J connectivity index is 1.96. The zero-order chi connectivity index (χ0) is 8.97. The molecule has 72 valence electrons. The molecule has 0 aliphatic carbocycles. The van der Waals surface area contributed by atoms with Crippen LogP contribution in [0.25, 0.3) is 0 Å². The number of hydrogen-bond acceptors (Lipinski definition) is 2. The highest BCUT2D eigenvalue weighted by Crippen LogP contribution is 2.13. The van der Waals surface area contributed by atoms with Crippen molar-refractivity contribution in [3.8, 4) is 0 Å². The average molecular weight is 171 g/mol. The molecule has 2 heteroatoms. The van der Waals surface area contributed by atoms with Gasteiger partial charge in [-0.15, -0.1) is 0 Å². The van der Waals surface area contributed by atoms with Crippen LogP contribution in [0, 0.1) is 0 Å². The van der Waals surface area contributed by atoms with Crippen molar-refractivity contribution in [2.24, 2.45) is 0 Å². The third-order valence-electron chi connectivity index (χ3n) is 2.22. The fraction of sp³-hybridized carbons (Fsp3) is 1.00. The van der Waals surface area contributed by atoms with E-state index in [4.69, 9.17) is 4.74 Å². The summed E-state index contributed by atoms with van der Waals surface area (Å²) in [6, 6.07) is 0. The largest absolute Gasteiger partial charge is 0.373 e. The summed E-state index contributed by atoms with van der Waals surface area (Å²) >= 11 is 0. The Kier molecular flexibility index (Phi) is 4.02. The highest BCUT2D eigenvalue weighted by Gasteiger charge is 2.26. The number of nitrogens with zero attached hydrogens (tertiary/aromatic N) is 1. The zero-order valence-electron chi connectivity index (χ0n) is 8.55. The molecule has 0 spiro atoms. The summed E-state index contributed by atoms with van der Waals surface area (Å²) in [5.74, 6) is 0. The van der Waals surface area contributed by atoms with Crippen LogP contribution in [0.1, 0.15) is 33.6 Å². The maximum atomic E-state index is 5.65. The van der Waals surface area contributed by atoms with Gasteiger partial charge >= 0.3 is 0 Å². The average Bonchev–Trinajstić information content (AvgIpc) is 1.93. The van der Waals surface area contributed by atoms with Crippen LogP contribution < -0.4 is 0 Å². The molecule has 0 aromatic rings. The van der Waals surface area contributed by atoms with Gasteiger partial charge in [0.05, 0.1) is 12.2 Å². The molecule has 1 aliphatic rings. The standard InChI is InChI=1S/C10H21NO/c1-4-5-6-11-7-10(8-11)12-9(2)3/h9-10H,4-8H2,1-3H3. The number of rotatable bonds is 5. The lowest BCUT2D eigenvalue weighted by Crippen LogP contribution is -2.52. The topological polar surface area (TPSA) is 12.5 Å². The minimum Gasteiger partial charge on any atom is -0.373 e. The van der Waals surface area contributed by atoms with Gasteiger partial charge in [0.1, 0.15) is 0 Å². The second-order valence-electron chi connectivity index (χ2n) is 3.92. The van der Waals surface area contributed by atoms with Crippen molar-refractivity contribution in [1.29, 1.82) is 0 Å². The SMILES string of the molecule is CCCCN1CC(OC(C)C)C1. The van der Waals surface area contributed by atoms with Crippen molar-refractivity contribution in [2.75, 3.05) is 19.6 Å². The van der Waals surface area contributed by atoms with Gasteiger partial charge in [-0.05, 0) is 26.8 Å². The minimum atomic E-state index is 0.392. The summed E-state index contributed by atoms with van der Waals surface area (Å²) < 4.78 is 5.65. The molecular weight excluding hydrogens is 150 g/mol. The summed E-state index contributed by atoms with van der Waals surface area (Å²) in [5, 5.41) is 0. The maximum Gasteiger partial charge on any atom is 0.0832 e. The van der Waals surface area contributed by atoms with E-state index < -0.39 is 0 Å². The van der Waals surface area contributed by atoms with Crippen LogP contribution in [0.4, 0.5) is 0 Å². The Morgan fingerprint density at radius 2 is 2.08 bits per heavy atom. The molecule has 1 aliphatic heterocycles. The van der Waals surface area contributed by atoms with Gasteiger partial charge in [0.2, 0.25) is 0 Å². The van der Waals surface area contributed by atoms with Crippen LogP contribution in [-0.2, 0) is 4.74 Å². The molecule has 0 unspecified atom stereocenters. The van der Waals surface area contributed by atoms with Crippen molar-refractivity contribution >= 4 is 0 Å². The van der Waals surface area contributed by atoms with E-state index in [0.29, 0.717) is 12.2 Å². The molecule has 0 aromatic heterocycles. The first-order valence-electron chi connectivity index (χ1n) is 5.10. The monoisotopic (exact) mass is 171 g/mol. The van der Waals surface area contributed by atoms with Gasteiger partial charge in [-0.2, -0.15) is 0 Å². The van der Waals surface area contributed by atoms with Gasteiger partial charge in [-0.25, -0.2) is 0 Å². The predicted octanol–water partition coefficient (Wildman–Crippen LogP) is 1.90. The minimum absolute atomic E-state index is 0.392. The second-order valence-corrected chi connectivity index (χ2v) is 3.92. The number of unbranched alkanes of at least 4 members (excludes halogenated alkanes) is 1. The Bertz CT molecular complexity index is 119. The van der Waals surface area contributed by atoms with Crippen molar-refractivity contribution in [3.05, 3.63) is 0 Å². The van der Waals surface area contributed by atoms with Crippen LogP contribution in [0.15, 0.2) is 0 Å². The molecule has 0 bridgehead atoms. The van der Waals surface area contributed by atoms with Crippen LogP contribution >= 0.6 is 0 Å². The van der Waals surface area contributed by atoms with E-state index in [0.717, 1.165) is 13.1 Å². The van der Waals surface area contributed by atoms with Crippen molar-refractivity contribution in [3.63, 3.8) is 0 Å². The molecule has 1 saturated heterocycles. The smallest absolute Gasteiger partial charge is 0.0832 e. The lowest BCUT2D eigenvalue weighted by molar-refractivity contribution is -0.0804. The van der Waals surface area contributed by atoms with Gasteiger partial charge in [-0.3, -0.25) is 4.90 Å². The lowest BCUT2D eigenvalue weighted by atomic mass is 10.1. The molecule has 1 fully saturated rings. The molecule has 0 saturated carbocycles. The van der Waals surface area contributed by atoms with Crippen molar-refractivity contribution in [2.45, 2.75) is 45.8 Å². The van der Waals surface area contributed by atoms with Gasteiger partial charge in [0.15, 0.2) is 0 Å². The first-order chi connectivity index (χ1) is 5.72. The Morgan fingerprint density at radius 3 is 2.58 bits per heavy atom. The molecule has 12 heavy (non-hydrogen) atoms. The van der Waals surface area contributed by atoms with Crippen LogP contribution in [0.2, 0.25) is 0 Å². The number of ether oxygens (including phenoxy) is 1. The normalized spacial score (nSPS) is 20.0. The Morgan fingerprint density at radius 1 is 1.42 bits per heavy atom. The van der Waals surface area contributed by atoms with Crippen LogP contribution in [-0.4, -0.2) is 36.7 Å². The van der Waals surface area contributed by atoms with E-state index in [9.17, 15) is 0 Å². The third-order valence-corrected chi connectivity index (χ3v) is 2.22.